The molecular weight excluding hydrogens is 368 g/mol. The van der Waals surface area contributed by atoms with Gasteiger partial charge in [0.05, 0.1) is 12.2 Å². The lowest BCUT2D eigenvalue weighted by Crippen LogP contribution is -2.51. The Morgan fingerprint density at radius 1 is 1.00 bits per heavy atom. The molecule has 0 unspecified atom stereocenters. The van der Waals surface area contributed by atoms with Crippen LogP contribution in [0.25, 0.3) is 0 Å². The molecule has 0 saturated heterocycles. The van der Waals surface area contributed by atoms with Crippen molar-refractivity contribution < 1.29 is 10.2 Å². The van der Waals surface area contributed by atoms with Crippen LogP contribution in [0.15, 0.2) is 11.6 Å². The third-order valence-corrected chi connectivity index (χ3v) is 11.0. The van der Waals surface area contributed by atoms with Crippen molar-refractivity contribution in [1.29, 1.82) is 0 Å². The number of aliphatic hydroxyl groups excluding tert-OH is 2. The molecule has 4 aliphatic carbocycles. The molecule has 2 N–H and O–H groups in total. The van der Waals surface area contributed by atoms with Crippen LogP contribution in [0, 0.1) is 52.3 Å². The second kappa shape index (κ2) is 8.22. The summed E-state index contributed by atoms with van der Waals surface area (Å²) in [6, 6.07) is 0. The van der Waals surface area contributed by atoms with Gasteiger partial charge in [-0.3, -0.25) is 0 Å². The van der Waals surface area contributed by atoms with E-state index in [9.17, 15) is 10.2 Å². The molecule has 10 atom stereocenters. The molecule has 2 nitrogen and oxygen atoms in total. The molecule has 3 saturated carbocycles. The molecular formula is C28H48O2. The highest BCUT2D eigenvalue weighted by atomic mass is 16.3. The Labute approximate surface area is 185 Å². The van der Waals surface area contributed by atoms with Crippen LogP contribution in [0.3, 0.4) is 0 Å². The molecule has 0 aliphatic heterocycles. The minimum absolute atomic E-state index is 0.116. The predicted molar refractivity (Wildman–Crippen MR) is 125 cm³/mol. The number of hydrogen-bond acceptors (Lipinski definition) is 2. The Morgan fingerprint density at radius 2 is 1.73 bits per heavy atom. The zero-order valence-electron chi connectivity index (χ0n) is 20.5. The maximum atomic E-state index is 11.3. The minimum atomic E-state index is -0.124. The zero-order valence-corrected chi connectivity index (χ0v) is 20.5. The van der Waals surface area contributed by atoms with Crippen molar-refractivity contribution in [3.05, 3.63) is 11.6 Å². The smallest absolute Gasteiger partial charge is 0.0579 e. The molecule has 2 heteroatoms. The Kier molecular flexibility index (Phi) is 6.26. The highest BCUT2D eigenvalue weighted by Crippen LogP contribution is 2.67. The molecule has 0 heterocycles. The molecule has 4 aliphatic rings. The van der Waals surface area contributed by atoms with E-state index >= 15 is 0 Å². The molecule has 0 aromatic carbocycles. The van der Waals surface area contributed by atoms with Crippen LogP contribution in [0.1, 0.15) is 99.3 Å². The summed E-state index contributed by atoms with van der Waals surface area (Å²) >= 11 is 0. The van der Waals surface area contributed by atoms with Gasteiger partial charge in [0.1, 0.15) is 0 Å². The van der Waals surface area contributed by atoms with Crippen molar-refractivity contribution in [1.82, 2.24) is 0 Å². The highest BCUT2D eigenvalue weighted by molar-refractivity contribution is 5.25. The fourth-order valence-electron chi connectivity index (χ4n) is 8.76. The first-order chi connectivity index (χ1) is 14.1. The predicted octanol–water partition coefficient (Wildman–Crippen LogP) is 6.61. The van der Waals surface area contributed by atoms with Gasteiger partial charge >= 0.3 is 0 Å². The first-order valence-corrected chi connectivity index (χ1v) is 13.1. The van der Waals surface area contributed by atoms with E-state index in [1.54, 1.807) is 5.57 Å². The molecule has 30 heavy (non-hydrogen) atoms. The summed E-state index contributed by atoms with van der Waals surface area (Å²) < 4.78 is 0. The number of rotatable bonds is 5. The van der Waals surface area contributed by atoms with Gasteiger partial charge in [-0.2, -0.15) is 0 Å². The Morgan fingerprint density at radius 3 is 2.43 bits per heavy atom. The van der Waals surface area contributed by atoms with Gasteiger partial charge in [-0.25, -0.2) is 0 Å². The third kappa shape index (κ3) is 3.62. The Balaban J connectivity index is 1.53. The lowest BCUT2D eigenvalue weighted by atomic mass is 9.47. The van der Waals surface area contributed by atoms with Gasteiger partial charge in [-0.05, 0) is 97.2 Å². The quantitative estimate of drug-likeness (QED) is 0.495. The summed E-state index contributed by atoms with van der Waals surface area (Å²) in [7, 11) is 0. The standard InChI is InChI=1S/C28H48O2/c1-17(2)18(3)7-8-19(4)26-25(30)16-24-22-10-9-20-15-21(29)11-13-27(20,5)23(22)12-14-28(24,26)6/h9,17-19,21-26,29-30H,7-8,10-16H2,1-6H3/t18-,19-,21+,22-,23+,24+,25+,26+,27+,28+/m1/s1. The molecule has 0 radical (unpaired) electrons. The average Bonchev–Trinajstić information content (AvgIpc) is 2.96. The van der Waals surface area contributed by atoms with Gasteiger partial charge < -0.3 is 10.2 Å². The number of hydrogen-bond donors (Lipinski definition) is 2. The van der Waals surface area contributed by atoms with Gasteiger partial charge in [0.2, 0.25) is 0 Å². The summed E-state index contributed by atoms with van der Waals surface area (Å²) in [6.07, 6.45) is 12.7. The van der Waals surface area contributed by atoms with Gasteiger partial charge in [0, 0.05) is 0 Å². The molecule has 0 bridgehead atoms. The van der Waals surface area contributed by atoms with Crippen LogP contribution in [0.2, 0.25) is 0 Å². The van der Waals surface area contributed by atoms with Crippen molar-refractivity contribution in [2.24, 2.45) is 52.3 Å². The van der Waals surface area contributed by atoms with E-state index in [-0.39, 0.29) is 12.2 Å². The van der Waals surface area contributed by atoms with Gasteiger partial charge in [-0.15, -0.1) is 0 Å². The van der Waals surface area contributed by atoms with Crippen molar-refractivity contribution in [2.45, 2.75) is 112 Å². The Hall–Kier alpha value is -0.340. The van der Waals surface area contributed by atoms with Gasteiger partial charge in [0.15, 0.2) is 0 Å². The summed E-state index contributed by atoms with van der Waals surface area (Å²) in [5.74, 6) is 4.76. The van der Waals surface area contributed by atoms with E-state index in [2.05, 4.69) is 47.6 Å². The van der Waals surface area contributed by atoms with E-state index in [0.29, 0.717) is 28.6 Å². The molecule has 0 aromatic heterocycles. The fraction of sp³-hybridized carbons (Fsp3) is 0.929. The lowest BCUT2D eigenvalue weighted by Gasteiger charge is -2.58. The van der Waals surface area contributed by atoms with Crippen LogP contribution in [-0.4, -0.2) is 22.4 Å². The average molecular weight is 417 g/mol. The largest absolute Gasteiger partial charge is 0.393 e. The summed E-state index contributed by atoms with van der Waals surface area (Å²) in [6.45, 7) is 14.6. The van der Waals surface area contributed by atoms with E-state index in [0.717, 1.165) is 49.4 Å². The first-order valence-electron chi connectivity index (χ1n) is 13.1. The van der Waals surface area contributed by atoms with Crippen LogP contribution in [0.5, 0.6) is 0 Å². The van der Waals surface area contributed by atoms with Crippen molar-refractivity contribution in [3.8, 4) is 0 Å². The maximum absolute atomic E-state index is 11.3. The molecule has 0 aromatic rings. The van der Waals surface area contributed by atoms with Gasteiger partial charge in [0.25, 0.3) is 0 Å². The molecule has 0 spiro atoms. The highest BCUT2D eigenvalue weighted by Gasteiger charge is 2.61. The van der Waals surface area contributed by atoms with Crippen LogP contribution < -0.4 is 0 Å². The number of allylic oxidation sites excluding steroid dienone is 1. The van der Waals surface area contributed by atoms with E-state index in [4.69, 9.17) is 0 Å². The minimum Gasteiger partial charge on any atom is -0.393 e. The summed E-state index contributed by atoms with van der Waals surface area (Å²) in [4.78, 5) is 0. The van der Waals surface area contributed by atoms with E-state index in [1.807, 2.05) is 0 Å². The van der Waals surface area contributed by atoms with Crippen LogP contribution in [0.4, 0.5) is 0 Å². The zero-order chi connectivity index (χ0) is 21.8. The van der Waals surface area contributed by atoms with E-state index in [1.165, 1.54) is 32.1 Å². The number of aliphatic hydroxyl groups is 2. The topological polar surface area (TPSA) is 40.5 Å². The van der Waals surface area contributed by atoms with Crippen molar-refractivity contribution in [2.75, 3.05) is 0 Å². The monoisotopic (exact) mass is 416 g/mol. The van der Waals surface area contributed by atoms with Crippen molar-refractivity contribution >= 4 is 0 Å². The second-order valence-corrected chi connectivity index (χ2v) is 12.8. The van der Waals surface area contributed by atoms with Crippen molar-refractivity contribution in [3.63, 3.8) is 0 Å². The van der Waals surface area contributed by atoms with E-state index < -0.39 is 0 Å². The maximum Gasteiger partial charge on any atom is 0.0579 e. The summed E-state index contributed by atoms with van der Waals surface area (Å²) in [5, 5.41) is 21.5. The molecule has 3 fully saturated rings. The van der Waals surface area contributed by atoms with Crippen LogP contribution >= 0.6 is 0 Å². The third-order valence-electron chi connectivity index (χ3n) is 11.0. The summed E-state index contributed by atoms with van der Waals surface area (Å²) in [5.41, 5.74) is 2.15. The number of fused-ring (bicyclic) bond motifs is 5. The fourth-order valence-corrected chi connectivity index (χ4v) is 8.76. The molecule has 172 valence electrons. The van der Waals surface area contributed by atoms with Crippen LogP contribution in [-0.2, 0) is 0 Å². The molecule has 4 rings (SSSR count). The second-order valence-electron chi connectivity index (χ2n) is 12.8. The normalized spacial score (nSPS) is 47.8. The van der Waals surface area contributed by atoms with Gasteiger partial charge in [-0.1, -0.05) is 66.0 Å². The lowest BCUT2D eigenvalue weighted by molar-refractivity contribution is -0.0622. The first kappa shape index (κ1) is 22.8. The Bertz CT molecular complexity index is 653. The molecule has 0 amide bonds. The SMILES string of the molecule is CC(C)[C@H](C)CC[C@@H](C)[C@H]1[C@@H](O)C[C@H]2[C@@H]3CC=C4C[C@@H](O)CC[C@]4(C)[C@H]3CC[C@]12C.